The molecule has 10 heteroatoms. The Hall–Kier alpha value is -1.74. The second kappa shape index (κ2) is 6.87. The number of hydrogen-bond acceptors (Lipinski definition) is 6. The van der Waals surface area contributed by atoms with Crippen LogP contribution in [0.2, 0.25) is 5.02 Å². The molecule has 5 nitrogen and oxygen atoms in total. The summed E-state index contributed by atoms with van der Waals surface area (Å²) in [6.07, 6.45) is -3.18. The number of carbonyl (C=O) groups excluding carboxylic acids is 1. The molecule has 0 radical (unpaired) electrons. The number of methoxy groups -OCH3 is 1. The standard InChI is InChI=1S/C15H12ClF3N2O3S/c1-23-13(22)7-4-9(5-7)25-14-21-20-12(24-14)10-3-2-8(6-11(10)16)15(17,18)19/h2-3,6-7,9H,4-5H2,1H3. The van der Waals surface area contributed by atoms with E-state index in [0.717, 1.165) is 12.1 Å². The van der Waals surface area contributed by atoms with E-state index in [0.29, 0.717) is 12.8 Å². The fourth-order valence-corrected chi connectivity index (χ4v) is 3.81. The highest BCUT2D eigenvalue weighted by Gasteiger charge is 2.37. The summed E-state index contributed by atoms with van der Waals surface area (Å²) in [6, 6.07) is 2.93. The first-order valence-electron chi connectivity index (χ1n) is 7.23. The summed E-state index contributed by atoms with van der Waals surface area (Å²) in [6.45, 7) is 0. The highest BCUT2D eigenvalue weighted by molar-refractivity contribution is 7.99. The van der Waals surface area contributed by atoms with Gasteiger partial charge in [-0.2, -0.15) is 13.2 Å². The summed E-state index contributed by atoms with van der Waals surface area (Å²) in [5, 5.41) is 8.00. The van der Waals surface area contributed by atoms with E-state index in [1.165, 1.54) is 24.9 Å². The maximum absolute atomic E-state index is 12.7. The third-order valence-electron chi connectivity index (χ3n) is 3.83. The van der Waals surface area contributed by atoms with Crippen molar-refractivity contribution in [2.45, 2.75) is 29.5 Å². The number of hydrogen-bond donors (Lipinski definition) is 0. The maximum atomic E-state index is 12.7. The van der Waals surface area contributed by atoms with E-state index in [1.54, 1.807) is 0 Å². The number of benzene rings is 1. The molecule has 1 aliphatic carbocycles. The Morgan fingerprint density at radius 3 is 2.68 bits per heavy atom. The van der Waals surface area contributed by atoms with Crippen molar-refractivity contribution in [3.63, 3.8) is 0 Å². The van der Waals surface area contributed by atoms with Crippen molar-refractivity contribution < 1.29 is 27.1 Å². The Bertz CT molecular complexity index is 791. The molecular weight excluding hydrogens is 381 g/mol. The van der Waals surface area contributed by atoms with Gasteiger partial charge in [0.2, 0.25) is 5.89 Å². The topological polar surface area (TPSA) is 65.2 Å². The average molecular weight is 393 g/mol. The van der Waals surface area contributed by atoms with Crippen LogP contribution in [0.5, 0.6) is 0 Å². The molecule has 1 aromatic carbocycles. The van der Waals surface area contributed by atoms with Crippen LogP contribution in [0.25, 0.3) is 11.5 Å². The lowest BCUT2D eigenvalue weighted by molar-refractivity contribution is -0.148. The number of carbonyl (C=O) groups is 1. The molecule has 1 aliphatic rings. The van der Waals surface area contributed by atoms with Gasteiger partial charge in [-0.1, -0.05) is 23.4 Å². The Labute approximate surface area is 149 Å². The number of rotatable bonds is 4. The molecule has 1 fully saturated rings. The number of alkyl halides is 3. The maximum Gasteiger partial charge on any atom is 0.416 e. The summed E-state index contributed by atoms with van der Waals surface area (Å²) >= 11 is 7.23. The van der Waals surface area contributed by atoms with Gasteiger partial charge in [0.1, 0.15) is 0 Å². The molecule has 0 N–H and O–H groups in total. The third-order valence-corrected chi connectivity index (χ3v) is 5.23. The van der Waals surface area contributed by atoms with Crippen LogP contribution in [-0.2, 0) is 15.7 Å². The van der Waals surface area contributed by atoms with Gasteiger partial charge in [-0.3, -0.25) is 4.79 Å². The van der Waals surface area contributed by atoms with Crippen LogP contribution in [0.15, 0.2) is 27.8 Å². The summed E-state index contributed by atoms with van der Waals surface area (Å²) in [7, 11) is 1.35. The second-order valence-electron chi connectivity index (χ2n) is 5.50. The van der Waals surface area contributed by atoms with Crippen LogP contribution in [0.3, 0.4) is 0 Å². The van der Waals surface area contributed by atoms with Crippen LogP contribution in [0, 0.1) is 5.92 Å². The molecule has 0 bridgehead atoms. The molecule has 0 amide bonds. The molecule has 0 aliphatic heterocycles. The SMILES string of the molecule is COC(=O)C1CC(Sc2nnc(-c3ccc(C(F)(F)F)cc3Cl)o2)C1. The molecule has 0 saturated heterocycles. The number of halogens is 4. The van der Waals surface area contributed by atoms with E-state index < -0.39 is 11.7 Å². The molecule has 1 saturated carbocycles. The van der Waals surface area contributed by atoms with Crippen molar-refractivity contribution in [1.82, 2.24) is 10.2 Å². The number of nitrogens with zero attached hydrogens (tertiary/aromatic N) is 2. The molecule has 1 aromatic heterocycles. The van der Waals surface area contributed by atoms with Gasteiger partial charge >= 0.3 is 12.1 Å². The molecule has 25 heavy (non-hydrogen) atoms. The van der Waals surface area contributed by atoms with Crippen molar-refractivity contribution >= 4 is 29.3 Å². The van der Waals surface area contributed by atoms with Crippen LogP contribution >= 0.6 is 23.4 Å². The smallest absolute Gasteiger partial charge is 0.416 e. The fourth-order valence-electron chi connectivity index (χ4n) is 2.39. The molecule has 134 valence electrons. The minimum absolute atomic E-state index is 0.0464. The predicted octanol–water partition coefficient (Wildman–Crippen LogP) is 4.45. The summed E-state index contributed by atoms with van der Waals surface area (Å²) in [5.41, 5.74) is -0.617. The van der Waals surface area contributed by atoms with Gasteiger partial charge in [-0.25, -0.2) is 0 Å². The van der Waals surface area contributed by atoms with E-state index >= 15 is 0 Å². The number of esters is 1. The van der Waals surface area contributed by atoms with Crippen molar-refractivity contribution in [2.24, 2.45) is 5.92 Å². The van der Waals surface area contributed by atoms with Gasteiger partial charge in [0.05, 0.1) is 29.2 Å². The molecular formula is C15H12ClF3N2O3S. The van der Waals surface area contributed by atoms with Crippen molar-refractivity contribution in [3.05, 3.63) is 28.8 Å². The normalized spacial score (nSPS) is 20.2. The predicted molar refractivity (Wildman–Crippen MR) is 84.1 cm³/mol. The van der Waals surface area contributed by atoms with Crippen molar-refractivity contribution in [3.8, 4) is 11.5 Å². The van der Waals surface area contributed by atoms with E-state index in [9.17, 15) is 18.0 Å². The van der Waals surface area contributed by atoms with Crippen LogP contribution < -0.4 is 0 Å². The van der Waals surface area contributed by atoms with E-state index in [4.69, 9.17) is 16.0 Å². The van der Waals surface area contributed by atoms with Crippen LogP contribution in [-0.4, -0.2) is 28.5 Å². The minimum Gasteiger partial charge on any atom is -0.469 e. The number of aromatic nitrogens is 2. The highest BCUT2D eigenvalue weighted by atomic mass is 35.5. The van der Waals surface area contributed by atoms with Gasteiger partial charge in [-0.15, -0.1) is 10.2 Å². The molecule has 2 aromatic rings. The van der Waals surface area contributed by atoms with Crippen LogP contribution in [0.4, 0.5) is 13.2 Å². The molecule has 1 heterocycles. The summed E-state index contributed by atoms with van der Waals surface area (Å²) in [4.78, 5) is 11.3. The summed E-state index contributed by atoms with van der Waals surface area (Å²) in [5.74, 6) is -0.307. The second-order valence-corrected chi connectivity index (χ2v) is 7.16. The third kappa shape index (κ3) is 3.92. The minimum atomic E-state index is -4.47. The zero-order valence-electron chi connectivity index (χ0n) is 12.8. The Balaban J connectivity index is 1.67. The molecule has 0 spiro atoms. The Kier molecular flexibility index (Phi) is 4.97. The first-order valence-corrected chi connectivity index (χ1v) is 8.49. The zero-order valence-corrected chi connectivity index (χ0v) is 14.4. The van der Waals surface area contributed by atoms with E-state index in [-0.39, 0.29) is 38.8 Å². The first-order chi connectivity index (χ1) is 11.8. The van der Waals surface area contributed by atoms with Gasteiger partial charge in [-0.05, 0) is 31.0 Å². The van der Waals surface area contributed by atoms with Crippen LogP contribution in [0.1, 0.15) is 18.4 Å². The monoisotopic (exact) mass is 392 g/mol. The summed E-state index contributed by atoms with van der Waals surface area (Å²) < 4.78 is 48.1. The van der Waals surface area contributed by atoms with Gasteiger partial charge in [0.25, 0.3) is 5.22 Å². The lowest BCUT2D eigenvalue weighted by Gasteiger charge is -2.31. The highest BCUT2D eigenvalue weighted by Crippen LogP contribution is 2.42. The fraction of sp³-hybridized carbons (Fsp3) is 0.400. The number of ether oxygens (including phenoxy) is 1. The van der Waals surface area contributed by atoms with Gasteiger partial charge in [0, 0.05) is 5.25 Å². The van der Waals surface area contributed by atoms with Gasteiger partial charge < -0.3 is 9.15 Å². The Morgan fingerprint density at radius 2 is 2.08 bits per heavy atom. The lowest BCUT2D eigenvalue weighted by Crippen LogP contribution is -2.33. The zero-order chi connectivity index (χ0) is 18.2. The van der Waals surface area contributed by atoms with Gasteiger partial charge in [0.15, 0.2) is 0 Å². The van der Waals surface area contributed by atoms with E-state index in [2.05, 4.69) is 14.9 Å². The lowest BCUT2D eigenvalue weighted by atomic mass is 9.85. The van der Waals surface area contributed by atoms with Crippen molar-refractivity contribution in [2.75, 3.05) is 7.11 Å². The van der Waals surface area contributed by atoms with E-state index in [1.807, 2.05) is 0 Å². The number of thioether (sulfide) groups is 1. The first kappa shape index (κ1) is 18.1. The largest absolute Gasteiger partial charge is 0.469 e. The molecule has 0 unspecified atom stereocenters. The molecule has 3 rings (SSSR count). The average Bonchev–Trinajstić information content (AvgIpc) is 2.97. The quantitative estimate of drug-likeness (QED) is 0.716. The van der Waals surface area contributed by atoms with Crippen molar-refractivity contribution in [1.29, 1.82) is 0 Å². The molecule has 0 atom stereocenters. The Morgan fingerprint density at radius 1 is 1.36 bits per heavy atom.